The van der Waals surface area contributed by atoms with E-state index in [9.17, 15) is 25.1 Å². The van der Waals surface area contributed by atoms with Gasteiger partial charge in [0.1, 0.15) is 0 Å². The molecule has 1 aliphatic carbocycles. The minimum absolute atomic E-state index is 0.0631. The lowest BCUT2D eigenvalue weighted by Gasteiger charge is -2.38. The second kappa shape index (κ2) is 5.35. The van der Waals surface area contributed by atoms with Crippen molar-refractivity contribution in [3.8, 4) is 17.4 Å². The third-order valence-corrected chi connectivity index (χ3v) is 5.63. The molecule has 3 aliphatic rings. The maximum absolute atomic E-state index is 12.5. The molecule has 0 fully saturated rings. The standard InChI is InChI=1S/C20H15N3O5/c1-21-15-7-6-12(18(21)24)16-17(15)20(26)22(19(16)25)13-8-9-14(23(27)28)11-5-3-2-4-10(11)13/h2-9,12,15,25-26H,1H3/t12-,15+/m1/s1. The molecule has 0 spiro atoms. The van der Waals surface area contributed by atoms with Gasteiger partial charge in [-0.05, 0) is 12.1 Å². The number of aromatic hydroxyl groups is 2. The molecule has 0 unspecified atom stereocenters. The predicted molar refractivity (Wildman–Crippen MR) is 101 cm³/mol. The van der Waals surface area contributed by atoms with Crippen LogP contribution in [-0.2, 0) is 4.79 Å². The monoisotopic (exact) mass is 377 g/mol. The summed E-state index contributed by atoms with van der Waals surface area (Å²) in [5, 5.41) is 34.2. The minimum atomic E-state index is -0.665. The first kappa shape index (κ1) is 16.4. The Morgan fingerprint density at radius 2 is 1.68 bits per heavy atom. The summed E-state index contributed by atoms with van der Waals surface area (Å²) < 4.78 is 1.26. The van der Waals surface area contributed by atoms with Crippen molar-refractivity contribution in [2.45, 2.75) is 12.0 Å². The Bertz CT molecular complexity index is 1230. The van der Waals surface area contributed by atoms with Gasteiger partial charge >= 0.3 is 0 Å². The Hall–Kier alpha value is -3.81. The van der Waals surface area contributed by atoms with Crippen molar-refractivity contribution >= 4 is 22.4 Å². The summed E-state index contributed by atoms with van der Waals surface area (Å²) in [4.78, 5) is 24.9. The Labute approximate surface area is 158 Å². The fourth-order valence-electron chi connectivity index (χ4n) is 4.32. The SMILES string of the molecule is CN1C(=O)[C@@H]2C=C[C@H]1c1c2c(O)n(-c2ccc([N+](=O)[O-])c3ccccc23)c1O. The molecule has 8 nitrogen and oxygen atoms in total. The van der Waals surface area contributed by atoms with Gasteiger partial charge < -0.3 is 15.1 Å². The lowest BCUT2D eigenvalue weighted by atomic mass is 9.81. The Morgan fingerprint density at radius 1 is 1.00 bits per heavy atom. The van der Waals surface area contributed by atoms with Crippen molar-refractivity contribution in [3.63, 3.8) is 0 Å². The van der Waals surface area contributed by atoms with Crippen LogP contribution in [0.4, 0.5) is 5.69 Å². The Morgan fingerprint density at radius 3 is 2.39 bits per heavy atom. The van der Waals surface area contributed by atoms with Crippen LogP contribution in [-0.4, -0.2) is 37.6 Å². The lowest BCUT2D eigenvalue weighted by Crippen LogP contribution is -2.41. The quantitative estimate of drug-likeness (QED) is 0.405. The van der Waals surface area contributed by atoms with Crippen LogP contribution in [0.25, 0.3) is 16.5 Å². The van der Waals surface area contributed by atoms with Gasteiger partial charge in [0.05, 0.1) is 28.0 Å². The topological polar surface area (TPSA) is 109 Å². The minimum Gasteiger partial charge on any atom is -0.494 e. The average Bonchev–Trinajstić information content (AvgIpc) is 2.96. The highest BCUT2D eigenvalue weighted by Crippen LogP contribution is 2.53. The predicted octanol–water partition coefficient (Wildman–Crippen LogP) is 3.12. The van der Waals surface area contributed by atoms with Crippen LogP contribution in [0.1, 0.15) is 23.1 Å². The molecule has 0 saturated heterocycles. The van der Waals surface area contributed by atoms with Crippen LogP contribution < -0.4 is 0 Å². The van der Waals surface area contributed by atoms with Crippen molar-refractivity contribution in [1.82, 2.24) is 9.47 Å². The largest absolute Gasteiger partial charge is 0.494 e. The molecule has 140 valence electrons. The van der Waals surface area contributed by atoms with Crippen LogP contribution in [0.5, 0.6) is 11.8 Å². The summed E-state index contributed by atoms with van der Waals surface area (Å²) in [6, 6.07) is 9.11. The number of carbonyl (C=O) groups excluding carboxylic acids is 1. The number of fused-ring (bicyclic) bond motifs is 2. The second-order valence-corrected chi connectivity index (χ2v) is 6.97. The third kappa shape index (κ3) is 1.86. The van der Waals surface area contributed by atoms with Crippen molar-refractivity contribution in [3.05, 3.63) is 69.8 Å². The molecule has 2 bridgehead atoms. The van der Waals surface area contributed by atoms with E-state index in [4.69, 9.17) is 0 Å². The number of hydrogen-bond donors (Lipinski definition) is 2. The van der Waals surface area contributed by atoms with Gasteiger partial charge in [0.25, 0.3) is 5.69 Å². The summed E-state index contributed by atoms with van der Waals surface area (Å²) in [5.74, 6) is -1.22. The molecule has 1 aromatic heterocycles. The molecule has 2 aromatic carbocycles. The van der Waals surface area contributed by atoms with Crippen LogP contribution in [0, 0.1) is 10.1 Å². The smallest absolute Gasteiger partial charge is 0.277 e. The average molecular weight is 377 g/mol. The van der Waals surface area contributed by atoms with E-state index in [1.54, 1.807) is 37.4 Å². The van der Waals surface area contributed by atoms with Crippen molar-refractivity contribution in [1.29, 1.82) is 0 Å². The number of aromatic nitrogens is 1. The molecule has 2 N–H and O–H groups in total. The van der Waals surface area contributed by atoms with E-state index < -0.39 is 16.9 Å². The molecule has 28 heavy (non-hydrogen) atoms. The normalized spacial score (nSPS) is 20.0. The molecule has 0 radical (unpaired) electrons. The number of likely N-dealkylation sites (N-methyl/N-ethyl adjacent to an activating group) is 1. The van der Waals surface area contributed by atoms with Gasteiger partial charge in [-0.1, -0.05) is 30.4 Å². The van der Waals surface area contributed by atoms with Crippen LogP contribution in [0.15, 0.2) is 48.6 Å². The zero-order valence-corrected chi connectivity index (χ0v) is 14.7. The number of hydrogen-bond acceptors (Lipinski definition) is 5. The number of nitro groups is 1. The molecule has 6 rings (SSSR count). The van der Waals surface area contributed by atoms with Gasteiger partial charge in [0.15, 0.2) is 0 Å². The van der Waals surface area contributed by atoms with E-state index in [-0.39, 0.29) is 23.4 Å². The number of carbonyl (C=O) groups is 1. The summed E-state index contributed by atoms with van der Waals surface area (Å²) in [6.45, 7) is 0. The molecule has 3 aromatic rings. The number of benzene rings is 2. The molecule has 2 aliphatic heterocycles. The number of rotatable bonds is 2. The van der Waals surface area contributed by atoms with Crippen molar-refractivity contribution < 1.29 is 19.9 Å². The van der Waals surface area contributed by atoms with Gasteiger partial charge in [-0.15, -0.1) is 0 Å². The van der Waals surface area contributed by atoms with E-state index >= 15 is 0 Å². The van der Waals surface area contributed by atoms with E-state index in [1.165, 1.54) is 21.6 Å². The van der Waals surface area contributed by atoms with E-state index in [0.29, 0.717) is 27.6 Å². The van der Waals surface area contributed by atoms with Crippen molar-refractivity contribution in [2.75, 3.05) is 7.05 Å². The highest BCUT2D eigenvalue weighted by Gasteiger charge is 2.45. The zero-order valence-electron chi connectivity index (χ0n) is 14.7. The number of amides is 1. The zero-order chi connectivity index (χ0) is 19.7. The van der Waals surface area contributed by atoms with Gasteiger partial charge in [0, 0.05) is 29.6 Å². The number of non-ortho nitro benzene ring substituents is 1. The van der Waals surface area contributed by atoms with Gasteiger partial charge in [0.2, 0.25) is 17.7 Å². The molecule has 3 heterocycles. The van der Waals surface area contributed by atoms with Crippen molar-refractivity contribution in [2.24, 2.45) is 0 Å². The summed E-state index contributed by atoms with van der Waals surface area (Å²) >= 11 is 0. The molecule has 0 saturated carbocycles. The molecular weight excluding hydrogens is 362 g/mol. The second-order valence-electron chi connectivity index (χ2n) is 6.97. The van der Waals surface area contributed by atoms with Gasteiger partial charge in [-0.2, -0.15) is 0 Å². The Balaban J connectivity index is 1.83. The lowest BCUT2D eigenvalue weighted by molar-refractivity contribution is -0.383. The summed E-state index contributed by atoms with van der Waals surface area (Å²) in [6.07, 6.45) is 3.55. The fourth-order valence-corrected chi connectivity index (χ4v) is 4.32. The first-order valence-corrected chi connectivity index (χ1v) is 8.69. The maximum Gasteiger partial charge on any atom is 0.277 e. The molecule has 2 atom stereocenters. The molecule has 1 amide bonds. The highest BCUT2D eigenvalue weighted by atomic mass is 16.6. The summed E-state index contributed by atoms with van der Waals surface area (Å²) in [7, 11) is 1.65. The first-order chi connectivity index (χ1) is 13.4. The maximum atomic E-state index is 12.5. The van der Waals surface area contributed by atoms with Crippen LogP contribution in [0.2, 0.25) is 0 Å². The van der Waals surface area contributed by atoms with Gasteiger partial charge in [-0.25, -0.2) is 0 Å². The fraction of sp³-hybridized carbons (Fsp3) is 0.150. The molecule has 8 heteroatoms. The van der Waals surface area contributed by atoms with Crippen LogP contribution in [0.3, 0.4) is 0 Å². The first-order valence-electron chi connectivity index (χ1n) is 8.69. The van der Waals surface area contributed by atoms with Gasteiger partial charge in [-0.3, -0.25) is 19.5 Å². The van der Waals surface area contributed by atoms with Crippen LogP contribution >= 0.6 is 0 Å². The van der Waals surface area contributed by atoms with E-state index in [1.807, 2.05) is 6.08 Å². The van der Waals surface area contributed by atoms with E-state index in [0.717, 1.165) is 0 Å². The third-order valence-electron chi connectivity index (χ3n) is 5.63. The number of nitrogens with zero attached hydrogens (tertiary/aromatic N) is 3. The Kier molecular flexibility index (Phi) is 3.13. The number of nitro benzene ring substituents is 1. The highest BCUT2D eigenvalue weighted by molar-refractivity contribution is 5.98. The molecular formula is C20H15N3O5. The summed E-state index contributed by atoms with van der Waals surface area (Å²) in [5.41, 5.74) is 1.21. The van der Waals surface area contributed by atoms with E-state index in [2.05, 4.69) is 0 Å².